The summed E-state index contributed by atoms with van der Waals surface area (Å²) < 4.78 is 0. The molecule has 1 aliphatic carbocycles. The zero-order chi connectivity index (χ0) is 14.2. The Morgan fingerprint density at radius 2 is 1.53 bits per heavy atom. The van der Waals surface area contributed by atoms with Crippen LogP contribution in [0.15, 0.2) is 29.8 Å². The normalized spacial score (nSPS) is 16.9. The molecule has 2 rings (SSSR count). The van der Waals surface area contributed by atoms with Gasteiger partial charge >= 0.3 is 0 Å². The molecule has 0 N–H and O–H groups in total. The van der Waals surface area contributed by atoms with E-state index in [0.717, 1.165) is 10.5 Å². The average molecular weight is 274 g/mol. The summed E-state index contributed by atoms with van der Waals surface area (Å²) in [5.74, 6) is -0.225. The van der Waals surface area contributed by atoms with Gasteiger partial charge in [-0.3, -0.25) is 9.59 Å². The number of hydrogen-bond donors (Lipinski definition) is 0. The Bertz CT molecular complexity index is 570. The molecule has 0 spiro atoms. The monoisotopic (exact) mass is 274 g/mol. The van der Waals surface area contributed by atoms with Gasteiger partial charge in [0.05, 0.1) is 0 Å². The molecule has 0 amide bonds. The third-order valence-corrected chi connectivity index (χ3v) is 5.22. The Kier molecular flexibility index (Phi) is 3.95. The van der Waals surface area contributed by atoms with Crippen molar-refractivity contribution in [3.63, 3.8) is 0 Å². The van der Waals surface area contributed by atoms with Crippen LogP contribution in [0, 0.1) is 5.92 Å². The van der Waals surface area contributed by atoms with Crippen molar-refractivity contribution in [2.75, 3.05) is 0 Å². The molecule has 2 nitrogen and oxygen atoms in total. The van der Waals surface area contributed by atoms with E-state index in [9.17, 15) is 9.59 Å². The van der Waals surface area contributed by atoms with Crippen LogP contribution in [0.25, 0.3) is 4.91 Å². The van der Waals surface area contributed by atoms with Crippen LogP contribution >= 0.6 is 11.8 Å². The highest BCUT2D eigenvalue weighted by molar-refractivity contribution is 8.08. The van der Waals surface area contributed by atoms with Crippen LogP contribution < -0.4 is 0 Å². The summed E-state index contributed by atoms with van der Waals surface area (Å²) in [6, 6.07) is 7.38. The Balaban J connectivity index is 2.51. The van der Waals surface area contributed by atoms with Crippen molar-refractivity contribution >= 4 is 28.2 Å². The first-order valence-electron chi connectivity index (χ1n) is 6.49. The average Bonchev–Trinajstić information content (AvgIpc) is 2.40. The Hall–Kier alpha value is -1.35. The van der Waals surface area contributed by atoms with Gasteiger partial charge in [0, 0.05) is 21.3 Å². The van der Waals surface area contributed by atoms with Crippen molar-refractivity contribution in [3.8, 4) is 0 Å². The molecular formula is C16H18O2S. The molecule has 0 saturated heterocycles. The van der Waals surface area contributed by atoms with Gasteiger partial charge in [0.2, 0.25) is 11.6 Å². The summed E-state index contributed by atoms with van der Waals surface area (Å²) in [6.07, 6.45) is 0. The maximum Gasteiger partial charge on any atom is 0.233 e. The number of fused-ring (bicyclic) bond motifs is 1. The SMILES string of the molecule is CC1=C(SC(C)C(C)C)c2ccccc2C(=O)C1=O. The highest BCUT2D eigenvalue weighted by Gasteiger charge is 2.31. The fourth-order valence-electron chi connectivity index (χ4n) is 1.95. The van der Waals surface area contributed by atoms with Crippen LogP contribution in [-0.2, 0) is 4.79 Å². The van der Waals surface area contributed by atoms with Crippen LogP contribution in [0.1, 0.15) is 43.6 Å². The summed E-state index contributed by atoms with van der Waals surface area (Å²) >= 11 is 1.69. The molecular weight excluding hydrogens is 256 g/mol. The van der Waals surface area contributed by atoms with Gasteiger partial charge in [0.15, 0.2) is 0 Å². The second-order valence-electron chi connectivity index (χ2n) is 5.22. The van der Waals surface area contributed by atoms with Crippen LogP contribution in [0.4, 0.5) is 0 Å². The fraction of sp³-hybridized carbons (Fsp3) is 0.375. The highest BCUT2D eigenvalue weighted by Crippen LogP contribution is 2.40. The zero-order valence-electron chi connectivity index (χ0n) is 11.7. The molecule has 100 valence electrons. The molecule has 0 heterocycles. The van der Waals surface area contributed by atoms with E-state index in [1.807, 2.05) is 12.1 Å². The summed E-state index contributed by atoms with van der Waals surface area (Å²) in [6.45, 7) is 8.23. The third kappa shape index (κ3) is 2.52. The van der Waals surface area contributed by atoms with E-state index in [1.165, 1.54) is 0 Å². The van der Waals surface area contributed by atoms with Crippen LogP contribution in [0.3, 0.4) is 0 Å². The van der Waals surface area contributed by atoms with Crippen LogP contribution in [0.5, 0.6) is 0 Å². The first kappa shape index (κ1) is 14.1. The predicted octanol–water partition coefficient (Wildman–Crippen LogP) is 3.96. The van der Waals surface area contributed by atoms with Gasteiger partial charge in [-0.05, 0) is 18.4 Å². The largest absolute Gasteiger partial charge is 0.285 e. The van der Waals surface area contributed by atoms with Crippen molar-refractivity contribution in [2.45, 2.75) is 32.9 Å². The minimum absolute atomic E-state index is 0.364. The predicted molar refractivity (Wildman–Crippen MR) is 80.3 cm³/mol. The van der Waals surface area contributed by atoms with E-state index in [1.54, 1.807) is 30.8 Å². The molecule has 19 heavy (non-hydrogen) atoms. The van der Waals surface area contributed by atoms with E-state index in [2.05, 4.69) is 20.8 Å². The van der Waals surface area contributed by atoms with Crippen molar-refractivity contribution in [2.24, 2.45) is 5.92 Å². The van der Waals surface area contributed by atoms with E-state index < -0.39 is 0 Å². The van der Waals surface area contributed by atoms with Gasteiger partial charge in [0.1, 0.15) is 0 Å². The Labute approximate surface area is 118 Å². The van der Waals surface area contributed by atoms with Gasteiger partial charge in [0.25, 0.3) is 0 Å². The fourth-order valence-corrected chi connectivity index (χ4v) is 3.17. The smallest absolute Gasteiger partial charge is 0.233 e. The number of benzene rings is 1. The van der Waals surface area contributed by atoms with E-state index in [-0.39, 0.29) is 11.6 Å². The minimum atomic E-state index is -0.380. The Morgan fingerprint density at radius 1 is 0.947 bits per heavy atom. The molecule has 0 radical (unpaired) electrons. The number of hydrogen-bond acceptors (Lipinski definition) is 3. The zero-order valence-corrected chi connectivity index (χ0v) is 12.5. The molecule has 0 bridgehead atoms. The molecule has 1 unspecified atom stereocenters. The first-order valence-corrected chi connectivity index (χ1v) is 7.37. The second kappa shape index (κ2) is 5.33. The number of ketones is 2. The summed E-state index contributed by atoms with van der Waals surface area (Å²) in [5, 5.41) is 0.402. The third-order valence-electron chi connectivity index (χ3n) is 3.55. The van der Waals surface area contributed by atoms with Gasteiger partial charge < -0.3 is 0 Å². The number of Topliss-reactive ketones (excluding diaryl/α,β-unsaturated/α-hetero) is 2. The van der Waals surface area contributed by atoms with Crippen molar-refractivity contribution in [1.82, 2.24) is 0 Å². The maximum atomic E-state index is 12.0. The van der Waals surface area contributed by atoms with E-state index >= 15 is 0 Å². The molecule has 0 aromatic heterocycles. The quantitative estimate of drug-likeness (QED) is 0.782. The van der Waals surface area contributed by atoms with E-state index in [0.29, 0.717) is 22.3 Å². The van der Waals surface area contributed by atoms with Gasteiger partial charge in [-0.1, -0.05) is 45.0 Å². The number of allylic oxidation sites excluding steroid dienone is 1. The van der Waals surface area contributed by atoms with E-state index in [4.69, 9.17) is 0 Å². The number of carbonyl (C=O) groups is 2. The lowest BCUT2D eigenvalue weighted by atomic mass is 9.90. The molecule has 0 saturated carbocycles. The molecule has 1 aliphatic rings. The Morgan fingerprint density at radius 3 is 2.11 bits per heavy atom. The lowest BCUT2D eigenvalue weighted by molar-refractivity contribution is -0.111. The topological polar surface area (TPSA) is 34.1 Å². The standard InChI is InChI=1S/C16H18O2S/c1-9(2)11(4)19-16-10(3)14(17)15(18)12-7-5-6-8-13(12)16/h5-9,11H,1-4H3. The first-order chi connectivity index (χ1) is 8.93. The maximum absolute atomic E-state index is 12.0. The van der Waals surface area contributed by atoms with Crippen molar-refractivity contribution < 1.29 is 9.59 Å². The number of thioether (sulfide) groups is 1. The van der Waals surface area contributed by atoms with Crippen molar-refractivity contribution in [3.05, 3.63) is 41.0 Å². The summed E-state index contributed by atoms with van der Waals surface area (Å²) in [5.41, 5.74) is 2.03. The molecule has 3 heteroatoms. The van der Waals surface area contributed by atoms with Gasteiger partial charge in [-0.15, -0.1) is 11.8 Å². The van der Waals surface area contributed by atoms with Gasteiger partial charge in [-0.25, -0.2) is 0 Å². The summed E-state index contributed by atoms with van der Waals surface area (Å²) in [7, 11) is 0. The van der Waals surface area contributed by atoms with Crippen LogP contribution in [-0.4, -0.2) is 16.8 Å². The van der Waals surface area contributed by atoms with Gasteiger partial charge in [-0.2, -0.15) is 0 Å². The summed E-state index contributed by atoms with van der Waals surface area (Å²) in [4.78, 5) is 25.0. The number of rotatable bonds is 3. The van der Waals surface area contributed by atoms with Crippen molar-refractivity contribution in [1.29, 1.82) is 0 Å². The highest BCUT2D eigenvalue weighted by atomic mass is 32.2. The molecule has 0 aliphatic heterocycles. The lowest BCUT2D eigenvalue weighted by Crippen LogP contribution is -2.22. The molecule has 1 aromatic carbocycles. The minimum Gasteiger partial charge on any atom is -0.285 e. The molecule has 1 aromatic rings. The van der Waals surface area contributed by atoms with Crippen LogP contribution in [0.2, 0.25) is 0 Å². The molecule has 0 fully saturated rings. The molecule has 1 atom stereocenters. The number of carbonyl (C=O) groups excluding carboxylic acids is 2. The second-order valence-corrected chi connectivity index (χ2v) is 6.61. The lowest BCUT2D eigenvalue weighted by Gasteiger charge is -2.23.